The fourth-order valence-electron chi connectivity index (χ4n) is 4.78. The van der Waals surface area contributed by atoms with Gasteiger partial charge in [-0.05, 0) is 45.1 Å². The normalized spacial score (nSPS) is 34.0. The van der Waals surface area contributed by atoms with E-state index in [1.54, 1.807) is 12.1 Å². The molecule has 3 aliphatic rings. The summed E-state index contributed by atoms with van der Waals surface area (Å²) >= 11 is 5.99. The molecule has 0 unspecified atom stereocenters. The lowest BCUT2D eigenvalue weighted by atomic mass is 9.73. The molecule has 4 atom stereocenters. The number of hydrogen-bond donors (Lipinski definition) is 1. The Morgan fingerprint density at radius 2 is 2.33 bits per heavy atom. The van der Waals surface area contributed by atoms with Crippen molar-refractivity contribution in [3.63, 3.8) is 0 Å². The van der Waals surface area contributed by atoms with Gasteiger partial charge in [0.25, 0.3) is 0 Å². The fourth-order valence-corrected chi connectivity index (χ4v) is 4.97. The van der Waals surface area contributed by atoms with Crippen molar-refractivity contribution in [3.05, 3.63) is 29.3 Å². The minimum absolute atomic E-state index is 0.0586. The summed E-state index contributed by atoms with van der Waals surface area (Å²) < 4.78 is 6.38. The molecule has 5 nitrogen and oxygen atoms in total. The number of likely N-dealkylation sites (tertiary alicyclic amines) is 1. The van der Waals surface area contributed by atoms with Gasteiger partial charge >= 0.3 is 6.03 Å². The number of carbonyl (C=O) groups excluding carboxylic acids is 1. The lowest BCUT2D eigenvalue weighted by molar-refractivity contribution is 0.00534. The molecule has 1 aromatic rings. The van der Waals surface area contributed by atoms with Crippen LogP contribution in [0.3, 0.4) is 0 Å². The minimum Gasteiger partial charge on any atom is -0.369 e. The molecule has 3 saturated heterocycles. The number of benzene rings is 1. The van der Waals surface area contributed by atoms with Crippen LogP contribution in [0.4, 0.5) is 10.5 Å². The first-order valence-corrected chi connectivity index (χ1v) is 8.99. The summed E-state index contributed by atoms with van der Waals surface area (Å²) in [4.78, 5) is 16.8. The number of anilines is 1. The van der Waals surface area contributed by atoms with E-state index < -0.39 is 0 Å². The van der Waals surface area contributed by atoms with Gasteiger partial charge in [0.2, 0.25) is 0 Å². The van der Waals surface area contributed by atoms with Crippen molar-refractivity contribution in [1.82, 2.24) is 9.80 Å². The molecule has 0 radical (unpaired) electrons. The van der Waals surface area contributed by atoms with Crippen LogP contribution in [0.25, 0.3) is 0 Å². The summed E-state index contributed by atoms with van der Waals surface area (Å²) in [6, 6.07) is 7.21. The number of fused-ring (bicyclic) bond motifs is 1. The SMILES string of the molecule is CN(C)C[C@H]1[C@H]2CN(C(=O)Nc3cccc(Cl)c3)C[C@]23CC[C@H]1O3. The zero-order chi connectivity index (χ0) is 16.9. The first kappa shape index (κ1) is 16.2. The highest BCUT2D eigenvalue weighted by Gasteiger charge is 2.63. The molecule has 3 aliphatic heterocycles. The highest BCUT2D eigenvalue weighted by Crippen LogP contribution is 2.54. The minimum atomic E-state index is -0.114. The number of urea groups is 1. The predicted octanol–water partition coefficient (Wildman–Crippen LogP) is 2.91. The molecule has 1 aromatic carbocycles. The molecule has 2 bridgehead atoms. The zero-order valence-electron chi connectivity index (χ0n) is 14.2. The number of nitrogens with zero attached hydrogens (tertiary/aromatic N) is 2. The molecule has 0 saturated carbocycles. The highest BCUT2D eigenvalue weighted by atomic mass is 35.5. The van der Waals surface area contributed by atoms with E-state index in [4.69, 9.17) is 16.3 Å². The Balaban J connectivity index is 1.46. The van der Waals surface area contributed by atoms with Gasteiger partial charge in [-0.25, -0.2) is 4.79 Å². The van der Waals surface area contributed by atoms with Crippen LogP contribution in [0.5, 0.6) is 0 Å². The monoisotopic (exact) mass is 349 g/mol. The smallest absolute Gasteiger partial charge is 0.321 e. The van der Waals surface area contributed by atoms with E-state index in [0.717, 1.165) is 31.6 Å². The molecule has 2 amide bonds. The van der Waals surface area contributed by atoms with Gasteiger partial charge in [0.15, 0.2) is 0 Å². The van der Waals surface area contributed by atoms with Crippen LogP contribution >= 0.6 is 11.6 Å². The van der Waals surface area contributed by atoms with E-state index in [2.05, 4.69) is 24.3 Å². The molecule has 3 heterocycles. The summed E-state index contributed by atoms with van der Waals surface area (Å²) in [6.07, 6.45) is 2.57. The van der Waals surface area contributed by atoms with Crippen molar-refractivity contribution in [2.45, 2.75) is 24.5 Å². The maximum absolute atomic E-state index is 12.7. The largest absolute Gasteiger partial charge is 0.369 e. The first-order chi connectivity index (χ1) is 11.5. The number of hydrogen-bond acceptors (Lipinski definition) is 3. The van der Waals surface area contributed by atoms with E-state index in [-0.39, 0.29) is 11.6 Å². The molecule has 4 rings (SSSR count). The number of halogens is 1. The Bertz CT molecular complexity index is 653. The van der Waals surface area contributed by atoms with Crippen molar-refractivity contribution in [2.24, 2.45) is 11.8 Å². The average molecular weight is 350 g/mol. The summed E-state index contributed by atoms with van der Waals surface area (Å²) in [5.41, 5.74) is 0.619. The second-order valence-electron chi connectivity index (χ2n) is 7.61. The first-order valence-electron chi connectivity index (χ1n) is 8.61. The Morgan fingerprint density at radius 3 is 3.08 bits per heavy atom. The lowest BCUT2D eigenvalue weighted by Crippen LogP contribution is -2.40. The van der Waals surface area contributed by atoms with Crippen molar-refractivity contribution < 1.29 is 9.53 Å². The number of carbonyl (C=O) groups is 1. The summed E-state index contributed by atoms with van der Waals surface area (Å²) in [5, 5.41) is 3.58. The molecular formula is C18H24ClN3O2. The van der Waals surface area contributed by atoms with Crippen molar-refractivity contribution in [2.75, 3.05) is 39.0 Å². The lowest BCUT2D eigenvalue weighted by Gasteiger charge is -2.30. The summed E-state index contributed by atoms with van der Waals surface area (Å²) in [6.45, 7) is 2.51. The van der Waals surface area contributed by atoms with Crippen LogP contribution < -0.4 is 5.32 Å². The van der Waals surface area contributed by atoms with Crippen molar-refractivity contribution in [3.8, 4) is 0 Å². The molecule has 24 heavy (non-hydrogen) atoms. The Morgan fingerprint density at radius 1 is 1.50 bits per heavy atom. The Kier molecular flexibility index (Phi) is 3.98. The van der Waals surface area contributed by atoms with Crippen LogP contribution in [0, 0.1) is 11.8 Å². The molecular weight excluding hydrogens is 326 g/mol. The van der Waals surface area contributed by atoms with E-state index in [1.807, 2.05) is 17.0 Å². The van der Waals surface area contributed by atoms with Crippen LogP contribution in [0.15, 0.2) is 24.3 Å². The van der Waals surface area contributed by atoms with Gasteiger partial charge in [0.05, 0.1) is 18.2 Å². The number of amides is 2. The van der Waals surface area contributed by atoms with Gasteiger partial charge in [-0.2, -0.15) is 0 Å². The van der Waals surface area contributed by atoms with Gasteiger partial charge in [-0.3, -0.25) is 0 Å². The summed E-state index contributed by atoms with van der Waals surface area (Å²) in [7, 11) is 4.22. The van der Waals surface area contributed by atoms with Crippen molar-refractivity contribution in [1.29, 1.82) is 0 Å². The molecule has 130 valence electrons. The van der Waals surface area contributed by atoms with Crippen LogP contribution in [-0.4, -0.2) is 61.3 Å². The molecule has 6 heteroatoms. The van der Waals surface area contributed by atoms with Crippen LogP contribution in [-0.2, 0) is 4.74 Å². The fraction of sp³-hybridized carbons (Fsp3) is 0.611. The summed E-state index contributed by atoms with van der Waals surface area (Å²) in [5.74, 6) is 0.974. The standard InChI is InChI=1S/C18H24ClN3O2/c1-21(2)9-14-15-10-22(11-18(15)7-6-16(14)24-18)17(23)20-13-5-3-4-12(19)8-13/h3-5,8,14-16H,6-7,9-11H2,1-2H3,(H,20,23)/t14-,15+,16+,18+/m0/s1. The van der Waals surface area contributed by atoms with E-state index in [0.29, 0.717) is 29.5 Å². The third-order valence-electron chi connectivity index (χ3n) is 5.72. The van der Waals surface area contributed by atoms with E-state index in [9.17, 15) is 4.79 Å². The predicted molar refractivity (Wildman–Crippen MR) is 94.4 cm³/mol. The number of rotatable bonds is 3. The maximum Gasteiger partial charge on any atom is 0.321 e. The van der Waals surface area contributed by atoms with Crippen LogP contribution in [0.1, 0.15) is 12.8 Å². The van der Waals surface area contributed by atoms with E-state index >= 15 is 0 Å². The Hall–Kier alpha value is -1.30. The van der Waals surface area contributed by atoms with Gasteiger partial charge in [0, 0.05) is 35.6 Å². The van der Waals surface area contributed by atoms with Gasteiger partial charge in [0.1, 0.15) is 0 Å². The molecule has 1 spiro atoms. The molecule has 0 aromatic heterocycles. The number of ether oxygens (including phenoxy) is 1. The second-order valence-corrected chi connectivity index (χ2v) is 8.05. The topological polar surface area (TPSA) is 44.8 Å². The van der Waals surface area contributed by atoms with Gasteiger partial charge in [-0.15, -0.1) is 0 Å². The Labute approximate surface area is 147 Å². The average Bonchev–Trinajstić information content (AvgIpc) is 3.16. The third kappa shape index (κ3) is 2.68. The maximum atomic E-state index is 12.7. The second kappa shape index (κ2) is 5.90. The molecule has 3 fully saturated rings. The number of nitrogens with one attached hydrogen (secondary N) is 1. The molecule has 1 N–H and O–H groups in total. The van der Waals surface area contributed by atoms with Crippen molar-refractivity contribution >= 4 is 23.3 Å². The highest BCUT2D eigenvalue weighted by molar-refractivity contribution is 6.30. The quantitative estimate of drug-likeness (QED) is 0.912. The van der Waals surface area contributed by atoms with E-state index in [1.165, 1.54) is 0 Å². The zero-order valence-corrected chi connectivity index (χ0v) is 14.9. The van der Waals surface area contributed by atoms with Gasteiger partial charge in [-0.1, -0.05) is 17.7 Å². The molecule has 0 aliphatic carbocycles. The third-order valence-corrected chi connectivity index (χ3v) is 5.96. The van der Waals surface area contributed by atoms with Crippen LogP contribution in [0.2, 0.25) is 5.02 Å². The van der Waals surface area contributed by atoms with Gasteiger partial charge < -0.3 is 19.9 Å².